The summed E-state index contributed by atoms with van der Waals surface area (Å²) in [5, 5.41) is 11.6. The number of ketones is 2. The molecule has 1 aromatic rings. The largest absolute Gasteiger partial charge is 0.447 e. The number of alkyl halides is 1. The van der Waals surface area contributed by atoms with Crippen LogP contribution in [0.15, 0.2) is 42.0 Å². The smallest absolute Gasteiger partial charge is 0.339 e. The zero-order valence-corrected chi connectivity index (χ0v) is 20.6. The average molecular weight is 485 g/mol. The van der Waals surface area contributed by atoms with Crippen LogP contribution in [0, 0.1) is 28.6 Å². The summed E-state index contributed by atoms with van der Waals surface area (Å²) in [6.45, 7) is 4.22. The maximum atomic E-state index is 13.4. The topological polar surface area (TPSA) is 80.7 Å². The van der Waals surface area contributed by atoms with Gasteiger partial charge in [0.15, 0.2) is 17.2 Å². The number of carbonyl (C=O) groups excluding carboxylic acids is 3. The first-order valence-electron chi connectivity index (χ1n) is 12.5. The van der Waals surface area contributed by atoms with Crippen molar-refractivity contribution in [3.05, 3.63) is 47.5 Å². The third-order valence-corrected chi connectivity index (χ3v) is 10.1. The summed E-state index contributed by atoms with van der Waals surface area (Å²) < 4.78 is 6.14. The van der Waals surface area contributed by atoms with E-state index in [2.05, 4.69) is 6.92 Å². The van der Waals surface area contributed by atoms with E-state index in [1.54, 1.807) is 24.3 Å². The Morgan fingerprint density at radius 3 is 2.56 bits per heavy atom. The minimum Gasteiger partial charge on any atom is -0.447 e. The summed E-state index contributed by atoms with van der Waals surface area (Å²) in [6.07, 6.45) is 5.70. The Bertz CT molecular complexity index is 1050. The Kier molecular flexibility index (Phi) is 5.80. The van der Waals surface area contributed by atoms with Crippen LogP contribution in [0.3, 0.4) is 0 Å². The van der Waals surface area contributed by atoms with Gasteiger partial charge in [-0.1, -0.05) is 37.6 Å². The van der Waals surface area contributed by atoms with Crippen LogP contribution in [0.1, 0.15) is 69.2 Å². The summed E-state index contributed by atoms with van der Waals surface area (Å²) in [5.74, 6) is -0.491. The van der Waals surface area contributed by atoms with Crippen LogP contribution in [0.2, 0.25) is 0 Å². The lowest BCUT2D eigenvalue weighted by atomic mass is 9.45. The van der Waals surface area contributed by atoms with Crippen LogP contribution < -0.4 is 0 Å². The van der Waals surface area contributed by atoms with Gasteiger partial charge in [0, 0.05) is 11.8 Å². The third kappa shape index (κ3) is 3.26. The summed E-state index contributed by atoms with van der Waals surface area (Å²) in [5.41, 5.74) is -0.689. The van der Waals surface area contributed by atoms with Crippen molar-refractivity contribution in [3.63, 3.8) is 0 Å². The molecular weight excluding hydrogens is 452 g/mol. The molecule has 6 heteroatoms. The van der Waals surface area contributed by atoms with Gasteiger partial charge >= 0.3 is 5.97 Å². The molecule has 34 heavy (non-hydrogen) atoms. The highest BCUT2D eigenvalue weighted by Crippen LogP contribution is 2.68. The molecule has 4 aliphatic carbocycles. The molecule has 1 aromatic carbocycles. The number of rotatable bonds is 4. The van der Waals surface area contributed by atoms with Crippen LogP contribution in [-0.2, 0) is 14.3 Å². The molecule has 4 aliphatic rings. The Morgan fingerprint density at radius 2 is 1.85 bits per heavy atom. The highest BCUT2D eigenvalue weighted by Gasteiger charge is 2.70. The third-order valence-electron chi connectivity index (χ3n) is 9.86. The molecule has 1 N–H and O–H groups in total. The molecule has 3 fully saturated rings. The van der Waals surface area contributed by atoms with Crippen molar-refractivity contribution in [2.24, 2.45) is 28.6 Å². The molecule has 182 valence electrons. The van der Waals surface area contributed by atoms with Crippen LogP contribution in [-0.4, -0.2) is 40.2 Å². The molecule has 0 spiro atoms. The highest BCUT2D eigenvalue weighted by atomic mass is 35.5. The molecule has 5 nitrogen and oxygen atoms in total. The van der Waals surface area contributed by atoms with E-state index in [9.17, 15) is 19.5 Å². The average Bonchev–Trinajstić information content (AvgIpc) is 3.11. The summed E-state index contributed by atoms with van der Waals surface area (Å²) >= 11 is 6.10. The van der Waals surface area contributed by atoms with E-state index in [1.165, 1.54) is 5.57 Å². The molecule has 0 radical (unpaired) electrons. The second-order valence-corrected chi connectivity index (χ2v) is 11.5. The van der Waals surface area contributed by atoms with E-state index in [1.807, 2.05) is 19.1 Å². The second-order valence-electron chi connectivity index (χ2n) is 11.3. The fourth-order valence-corrected chi connectivity index (χ4v) is 8.47. The fourth-order valence-electron chi connectivity index (χ4n) is 8.26. The van der Waals surface area contributed by atoms with Crippen molar-refractivity contribution in [2.45, 2.75) is 70.5 Å². The van der Waals surface area contributed by atoms with Crippen molar-refractivity contribution in [1.82, 2.24) is 0 Å². The van der Waals surface area contributed by atoms with E-state index in [0.717, 1.165) is 25.7 Å². The van der Waals surface area contributed by atoms with Gasteiger partial charge in [-0.2, -0.15) is 0 Å². The number of allylic oxidation sites excluding steroid dienone is 1. The zero-order valence-electron chi connectivity index (χ0n) is 19.9. The lowest BCUT2D eigenvalue weighted by molar-refractivity contribution is -0.180. The van der Waals surface area contributed by atoms with Gasteiger partial charge in [-0.3, -0.25) is 9.59 Å². The van der Waals surface area contributed by atoms with Crippen molar-refractivity contribution in [1.29, 1.82) is 0 Å². The number of benzene rings is 1. The molecule has 0 bridgehead atoms. The first kappa shape index (κ1) is 23.7. The summed E-state index contributed by atoms with van der Waals surface area (Å²) in [4.78, 5) is 38.7. The Labute approximate surface area is 205 Å². The molecule has 3 saturated carbocycles. The van der Waals surface area contributed by atoms with Crippen molar-refractivity contribution < 1.29 is 24.2 Å². The molecule has 7 atom stereocenters. The number of hydrogen-bond donors (Lipinski definition) is 1. The normalized spacial score (nSPS) is 41.1. The van der Waals surface area contributed by atoms with Crippen LogP contribution >= 0.6 is 11.6 Å². The maximum Gasteiger partial charge on any atom is 0.339 e. The van der Waals surface area contributed by atoms with Gasteiger partial charge in [0.1, 0.15) is 0 Å². The van der Waals surface area contributed by atoms with Gasteiger partial charge in [-0.05, 0) is 79.9 Å². The Balaban J connectivity index is 1.53. The van der Waals surface area contributed by atoms with E-state index in [4.69, 9.17) is 16.3 Å². The Morgan fingerprint density at radius 1 is 1.12 bits per heavy atom. The zero-order chi connectivity index (χ0) is 24.3. The lowest BCUT2D eigenvalue weighted by Gasteiger charge is -2.60. The minimum absolute atomic E-state index is 0.0328. The van der Waals surface area contributed by atoms with Crippen molar-refractivity contribution in [3.8, 4) is 0 Å². The number of Topliss-reactive ketones (excluding diaryl/α,β-unsaturated/α-hetero) is 1. The first-order valence-corrected chi connectivity index (χ1v) is 13.0. The molecule has 0 aliphatic heterocycles. The number of aliphatic hydroxyl groups excluding tert-OH is 1. The number of hydrogen-bond acceptors (Lipinski definition) is 5. The number of ether oxygens (including phenoxy) is 1. The minimum atomic E-state index is -1.35. The standard InChI is InChI=1S/C28H33ClO5/c1-26-12-10-19(30)14-18(26)8-9-20-21-11-13-28(23(32)16-29,27(21,2)15-22(31)24(20)26)34-25(33)17-6-4-3-5-7-17/h3-7,14,20-22,24,31H,8-13,15-16H2,1-2H3/t20-,21-,22?,24+,26-,27-,28-/m0/s1. The summed E-state index contributed by atoms with van der Waals surface area (Å²) in [6, 6.07) is 8.73. The van der Waals surface area contributed by atoms with Crippen LogP contribution in [0.25, 0.3) is 0 Å². The number of aliphatic hydroxyl groups is 1. The fraction of sp³-hybridized carbons (Fsp3) is 0.607. The van der Waals surface area contributed by atoms with E-state index in [0.29, 0.717) is 24.8 Å². The van der Waals surface area contributed by atoms with E-state index >= 15 is 0 Å². The first-order chi connectivity index (χ1) is 16.2. The molecule has 5 rings (SSSR count). The van der Waals surface area contributed by atoms with Gasteiger partial charge in [0.2, 0.25) is 0 Å². The molecule has 0 saturated heterocycles. The van der Waals surface area contributed by atoms with Crippen LogP contribution in [0.4, 0.5) is 0 Å². The number of esters is 1. The van der Waals surface area contributed by atoms with E-state index in [-0.39, 0.29) is 40.6 Å². The van der Waals surface area contributed by atoms with Crippen LogP contribution in [0.5, 0.6) is 0 Å². The maximum absolute atomic E-state index is 13.4. The number of halogens is 1. The number of fused-ring (bicyclic) bond motifs is 5. The predicted octanol–water partition coefficient (Wildman–Crippen LogP) is 4.89. The molecule has 0 heterocycles. The van der Waals surface area contributed by atoms with Crippen molar-refractivity contribution in [2.75, 3.05) is 5.88 Å². The monoisotopic (exact) mass is 484 g/mol. The van der Waals surface area contributed by atoms with Gasteiger partial charge in [0.25, 0.3) is 0 Å². The number of carbonyl (C=O) groups is 3. The molecule has 0 amide bonds. The highest BCUT2D eigenvalue weighted by molar-refractivity contribution is 6.29. The Hall–Kier alpha value is -1.98. The second kappa shape index (κ2) is 8.30. The SMILES string of the molecule is C[C@]12CCC(=O)C=C1CC[C@@H]1[C@@H]2C(O)C[C@@]2(C)[C@H]1CC[C@]2(OC(=O)c1ccccc1)C(=O)CCl. The van der Waals surface area contributed by atoms with Gasteiger partial charge in [-0.15, -0.1) is 11.6 Å². The summed E-state index contributed by atoms with van der Waals surface area (Å²) in [7, 11) is 0. The van der Waals surface area contributed by atoms with E-state index < -0.39 is 23.1 Å². The van der Waals surface area contributed by atoms with Gasteiger partial charge in [-0.25, -0.2) is 4.79 Å². The van der Waals surface area contributed by atoms with Gasteiger partial charge in [0.05, 0.1) is 17.5 Å². The quantitative estimate of drug-likeness (QED) is 0.486. The predicted molar refractivity (Wildman–Crippen MR) is 128 cm³/mol. The van der Waals surface area contributed by atoms with Crippen molar-refractivity contribution >= 4 is 29.1 Å². The molecule has 1 unspecified atom stereocenters. The molecular formula is C28H33ClO5. The van der Waals surface area contributed by atoms with Gasteiger partial charge < -0.3 is 9.84 Å². The molecule has 0 aromatic heterocycles. The lowest BCUT2D eigenvalue weighted by Crippen LogP contribution is -2.63.